The molecule has 0 saturated carbocycles. The lowest BCUT2D eigenvalue weighted by molar-refractivity contribution is -0.0130. The molecule has 11 heteroatoms. The zero-order chi connectivity index (χ0) is 25.7. The smallest absolute Gasteiger partial charge is 0.202 e. The van der Waals surface area contributed by atoms with E-state index in [1.165, 1.54) is 31.4 Å². The van der Waals surface area contributed by atoms with Gasteiger partial charge >= 0.3 is 0 Å². The molecular formula is C25H21ClO10. The number of ether oxygens (including phenoxy) is 4. The van der Waals surface area contributed by atoms with Crippen molar-refractivity contribution in [1.82, 2.24) is 0 Å². The van der Waals surface area contributed by atoms with E-state index in [-0.39, 0.29) is 39.3 Å². The first kappa shape index (κ1) is 23.9. The van der Waals surface area contributed by atoms with Crippen LogP contribution in [0, 0.1) is 0 Å². The SMILES string of the molecule is COc1cc(C2Oc3cc([C@H]4Oc5cc(O)cc(O)c5C(=O)[C@@H]4O)ccc3OC2CO)cc(Cl)c1O. The average Bonchev–Trinajstić information content (AvgIpc) is 2.86. The van der Waals surface area contributed by atoms with Crippen LogP contribution in [0.15, 0.2) is 42.5 Å². The van der Waals surface area contributed by atoms with Gasteiger partial charge in [0.15, 0.2) is 47.4 Å². The quantitative estimate of drug-likeness (QED) is 0.349. The molecule has 2 unspecified atom stereocenters. The summed E-state index contributed by atoms with van der Waals surface area (Å²) in [5, 5.41) is 50.5. The van der Waals surface area contributed by atoms with Crippen molar-refractivity contribution in [2.75, 3.05) is 13.7 Å². The number of halogens is 1. The number of hydrogen-bond acceptors (Lipinski definition) is 10. The van der Waals surface area contributed by atoms with Crippen molar-refractivity contribution in [2.45, 2.75) is 24.4 Å². The highest BCUT2D eigenvalue weighted by Gasteiger charge is 2.40. The third kappa shape index (κ3) is 3.89. The first-order valence-corrected chi connectivity index (χ1v) is 11.2. The number of ketones is 1. The van der Waals surface area contributed by atoms with Crippen molar-refractivity contribution in [3.05, 3.63) is 64.2 Å². The highest BCUT2D eigenvalue weighted by molar-refractivity contribution is 6.32. The number of benzene rings is 3. The molecule has 188 valence electrons. The Kier molecular flexibility index (Phi) is 5.95. The number of rotatable bonds is 4. The van der Waals surface area contributed by atoms with E-state index in [0.29, 0.717) is 16.9 Å². The van der Waals surface area contributed by atoms with Gasteiger partial charge in [-0.3, -0.25) is 4.79 Å². The largest absolute Gasteiger partial charge is 0.508 e. The van der Waals surface area contributed by atoms with Crippen LogP contribution in [0.5, 0.6) is 40.2 Å². The van der Waals surface area contributed by atoms with Crippen LogP contribution in [-0.4, -0.2) is 57.2 Å². The van der Waals surface area contributed by atoms with E-state index in [2.05, 4.69) is 0 Å². The Hall–Kier alpha value is -3.86. The van der Waals surface area contributed by atoms with Gasteiger partial charge in [-0.15, -0.1) is 0 Å². The summed E-state index contributed by atoms with van der Waals surface area (Å²) >= 11 is 6.13. The number of Topliss-reactive ketones (excluding diaryl/α,β-unsaturated/α-hetero) is 1. The molecule has 2 heterocycles. The Morgan fingerprint density at radius 1 is 0.917 bits per heavy atom. The number of fused-ring (bicyclic) bond motifs is 2. The van der Waals surface area contributed by atoms with Gasteiger partial charge in [0.05, 0.1) is 18.7 Å². The third-order valence-electron chi connectivity index (χ3n) is 6.07. The van der Waals surface area contributed by atoms with E-state index in [9.17, 15) is 30.3 Å². The fourth-order valence-electron chi connectivity index (χ4n) is 4.32. The Labute approximate surface area is 209 Å². The number of hydrogen-bond donors (Lipinski definition) is 5. The van der Waals surface area contributed by atoms with Crippen LogP contribution < -0.4 is 18.9 Å². The van der Waals surface area contributed by atoms with E-state index in [0.717, 1.165) is 6.07 Å². The van der Waals surface area contributed by atoms with Crippen molar-refractivity contribution in [3.8, 4) is 40.2 Å². The topological polar surface area (TPSA) is 155 Å². The molecule has 3 aromatic rings. The van der Waals surface area contributed by atoms with Crippen LogP contribution in [-0.2, 0) is 0 Å². The lowest BCUT2D eigenvalue weighted by atomic mass is 9.92. The maximum atomic E-state index is 12.8. The van der Waals surface area contributed by atoms with Gasteiger partial charge in [0.2, 0.25) is 5.78 Å². The monoisotopic (exact) mass is 516 g/mol. The second-order valence-electron chi connectivity index (χ2n) is 8.32. The van der Waals surface area contributed by atoms with E-state index in [4.69, 9.17) is 30.5 Å². The molecule has 5 rings (SSSR count). The Bertz CT molecular complexity index is 1360. The lowest BCUT2D eigenvalue weighted by Crippen LogP contribution is -2.37. The van der Waals surface area contributed by atoms with Crippen molar-refractivity contribution in [2.24, 2.45) is 0 Å². The molecule has 3 aromatic carbocycles. The van der Waals surface area contributed by atoms with Gasteiger partial charge in [0, 0.05) is 17.7 Å². The summed E-state index contributed by atoms with van der Waals surface area (Å²) < 4.78 is 23.0. The Morgan fingerprint density at radius 2 is 1.67 bits per heavy atom. The van der Waals surface area contributed by atoms with Crippen LogP contribution in [0.4, 0.5) is 0 Å². The summed E-state index contributed by atoms with van der Waals surface area (Å²) in [5.74, 6) is -1.25. The van der Waals surface area contributed by atoms with Crippen LogP contribution in [0.1, 0.15) is 33.7 Å². The van der Waals surface area contributed by atoms with Gasteiger partial charge in [0.1, 0.15) is 22.8 Å². The molecule has 5 N–H and O–H groups in total. The number of carbonyl (C=O) groups excluding carboxylic acids is 1. The number of phenolic OH excluding ortho intramolecular Hbond substituents is 3. The van der Waals surface area contributed by atoms with Crippen LogP contribution in [0.25, 0.3) is 0 Å². The van der Waals surface area contributed by atoms with Crippen molar-refractivity contribution >= 4 is 17.4 Å². The van der Waals surface area contributed by atoms with Gasteiger partial charge in [0.25, 0.3) is 0 Å². The number of aromatic hydroxyl groups is 3. The molecule has 0 spiro atoms. The predicted molar refractivity (Wildman–Crippen MR) is 124 cm³/mol. The van der Waals surface area contributed by atoms with Crippen molar-refractivity contribution in [3.63, 3.8) is 0 Å². The summed E-state index contributed by atoms with van der Waals surface area (Å²) in [7, 11) is 1.37. The first-order valence-electron chi connectivity index (χ1n) is 10.8. The van der Waals surface area contributed by atoms with Gasteiger partial charge in [-0.2, -0.15) is 0 Å². The normalized spacial score (nSPS) is 22.5. The van der Waals surface area contributed by atoms with Gasteiger partial charge in [-0.05, 0) is 29.8 Å². The van der Waals surface area contributed by atoms with E-state index >= 15 is 0 Å². The van der Waals surface area contributed by atoms with E-state index in [1.807, 2.05) is 0 Å². The first-order chi connectivity index (χ1) is 17.2. The maximum Gasteiger partial charge on any atom is 0.202 e. The van der Waals surface area contributed by atoms with Gasteiger partial charge in [-0.1, -0.05) is 17.7 Å². The fraction of sp³-hybridized carbons (Fsp3) is 0.240. The Morgan fingerprint density at radius 3 is 2.39 bits per heavy atom. The van der Waals surface area contributed by atoms with Crippen LogP contribution in [0.3, 0.4) is 0 Å². The molecule has 0 amide bonds. The zero-order valence-corrected chi connectivity index (χ0v) is 19.5. The van der Waals surface area contributed by atoms with Gasteiger partial charge in [-0.25, -0.2) is 0 Å². The third-order valence-corrected chi connectivity index (χ3v) is 6.36. The lowest BCUT2D eigenvalue weighted by Gasteiger charge is -2.35. The summed E-state index contributed by atoms with van der Waals surface area (Å²) in [6, 6.07) is 9.76. The molecule has 4 atom stereocenters. The number of aliphatic hydroxyl groups is 2. The zero-order valence-electron chi connectivity index (χ0n) is 18.7. The highest BCUT2D eigenvalue weighted by Crippen LogP contribution is 2.46. The second-order valence-corrected chi connectivity index (χ2v) is 8.73. The second kappa shape index (κ2) is 8.98. The molecule has 0 radical (unpaired) electrons. The number of aliphatic hydroxyl groups excluding tert-OH is 2. The predicted octanol–water partition coefficient (Wildman–Crippen LogP) is 3.02. The molecule has 0 aromatic heterocycles. The summed E-state index contributed by atoms with van der Waals surface area (Å²) in [6.45, 7) is -0.393. The van der Waals surface area contributed by atoms with Crippen LogP contribution >= 0.6 is 11.6 Å². The Balaban J connectivity index is 1.51. The molecule has 0 aliphatic carbocycles. The van der Waals surface area contributed by atoms with E-state index < -0.39 is 42.6 Å². The standard InChI is InChI=1S/C25H21ClO10/c1-33-18-6-11(4-13(26)21(18)30)24-19(9-27)34-15-3-2-10(5-16(15)35-24)25-23(32)22(31)20-14(29)7-12(28)8-17(20)36-25/h2-8,19,23-25,27-30,32H,9H2,1H3/t19?,23-,24?,25+/m0/s1. The molecule has 2 aliphatic heterocycles. The molecule has 2 aliphatic rings. The maximum absolute atomic E-state index is 12.8. The van der Waals surface area contributed by atoms with Gasteiger partial charge < -0.3 is 44.5 Å². The summed E-state index contributed by atoms with van der Waals surface area (Å²) in [4.78, 5) is 12.8. The fourth-order valence-corrected chi connectivity index (χ4v) is 4.54. The summed E-state index contributed by atoms with van der Waals surface area (Å²) in [6.07, 6.45) is -4.48. The number of phenols is 3. The minimum atomic E-state index is -1.64. The number of methoxy groups -OCH3 is 1. The van der Waals surface area contributed by atoms with Crippen molar-refractivity contribution < 1.29 is 49.3 Å². The minimum Gasteiger partial charge on any atom is -0.508 e. The molecule has 10 nitrogen and oxygen atoms in total. The molecule has 0 fully saturated rings. The average molecular weight is 517 g/mol. The minimum absolute atomic E-state index is 0.0200. The van der Waals surface area contributed by atoms with Crippen LogP contribution in [0.2, 0.25) is 5.02 Å². The molecular weight excluding hydrogens is 496 g/mol. The summed E-state index contributed by atoms with van der Waals surface area (Å²) in [5.41, 5.74) is 0.598. The molecule has 0 saturated heterocycles. The van der Waals surface area contributed by atoms with Crippen molar-refractivity contribution in [1.29, 1.82) is 0 Å². The highest BCUT2D eigenvalue weighted by atomic mass is 35.5. The molecule has 36 heavy (non-hydrogen) atoms. The van der Waals surface area contributed by atoms with E-state index in [1.54, 1.807) is 12.1 Å². The number of carbonyl (C=O) groups is 1. The molecule has 0 bridgehead atoms.